The molecular weight excluding hydrogens is 174 g/mol. The number of halogens is 2. The van der Waals surface area contributed by atoms with Crippen molar-refractivity contribution in [1.29, 1.82) is 0 Å². The third kappa shape index (κ3) is 3.19. The zero-order chi connectivity index (χ0) is 9.90. The summed E-state index contributed by atoms with van der Waals surface area (Å²) in [5.74, 6) is 0. The van der Waals surface area contributed by atoms with Gasteiger partial charge in [-0.25, -0.2) is 8.78 Å². The van der Waals surface area contributed by atoms with Gasteiger partial charge < -0.3 is 10.6 Å². The summed E-state index contributed by atoms with van der Waals surface area (Å²) in [7, 11) is 0. The first-order valence-corrected chi connectivity index (χ1v) is 4.74. The molecule has 1 atom stereocenters. The number of hydrogen-bond donors (Lipinski definition) is 2. The molecule has 0 aliphatic carbocycles. The lowest BCUT2D eigenvalue weighted by Crippen LogP contribution is -2.53. The summed E-state index contributed by atoms with van der Waals surface area (Å²) in [4.78, 5) is 0. The molecule has 0 aromatic carbocycles. The number of piperidine rings is 1. The predicted molar refractivity (Wildman–Crippen MR) is 49.1 cm³/mol. The molecule has 0 spiro atoms. The first-order valence-electron chi connectivity index (χ1n) is 4.74. The monoisotopic (exact) mass is 192 g/mol. The van der Waals surface area contributed by atoms with E-state index in [9.17, 15) is 8.78 Å². The Morgan fingerprint density at radius 3 is 2.77 bits per heavy atom. The van der Waals surface area contributed by atoms with E-state index >= 15 is 0 Å². The van der Waals surface area contributed by atoms with Crippen molar-refractivity contribution in [2.45, 2.75) is 32.7 Å². The molecule has 0 radical (unpaired) electrons. The van der Waals surface area contributed by atoms with E-state index in [1.165, 1.54) is 0 Å². The predicted octanol–water partition coefficient (Wildman–Crippen LogP) is 1.23. The molecule has 0 bridgehead atoms. The normalized spacial score (nSPS) is 27.9. The summed E-state index contributed by atoms with van der Waals surface area (Å²) < 4.78 is 23.9. The lowest BCUT2D eigenvalue weighted by Gasteiger charge is -2.39. The first kappa shape index (κ1) is 10.9. The van der Waals surface area contributed by atoms with E-state index in [0.29, 0.717) is 0 Å². The Morgan fingerprint density at radius 1 is 1.54 bits per heavy atom. The second-order valence-corrected chi connectivity index (χ2v) is 4.31. The highest BCUT2D eigenvalue weighted by Gasteiger charge is 2.31. The summed E-state index contributed by atoms with van der Waals surface area (Å²) in [6, 6.07) is 0.211. The van der Waals surface area contributed by atoms with Gasteiger partial charge in [0.15, 0.2) is 0 Å². The van der Waals surface area contributed by atoms with Crippen molar-refractivity contribution in [2.75, 3.05) is 19.6 Å². The molecule has 0 saturated carbocycles. The molecule has 4 heteroatoms. The van der Waals surface area contributed by atoms with Gasteiger partial charge in [-0.2, -0.15) is 0 Å². The van der Waals surface area contributed by atoms with Crippen LogP contribution in [-0.4, -0.2) is 32.1 Å². The van der Waals surface area contributed by atoms with E-state index in [4.69, 9.17) is 0 Å². The van der Waals surface area contributed by atoms with Crippen LogP contribution in [0.15, 0.2) is 0 Å². The standard InChI is InChI=1S/C9H18F2N2/c1-9(2)6-12-4-3-7(9)13-5-8(10)11/h7-8,12-13H,3-6H2,1-2H3. The van der Waals surface area contributed by atoms with Crippen LogP contribution in [0, 0.1) is 5.41 Å². The number of nitrogens with one attached hydrogen (secondary N) is 2. The van der Waals surface area contributed by atoms with Gasteiger partial charge in [0.25, 0.3) is 6.43 Å². The highest BCUT2D eigenvalue weighted by atomic mass is 19.3. The van der Waals surface area contributed by atoms with Gasteiger partial charge in [-0.15, -0.1) is 0 Å². The quantitative estimate of drug-likeness (QED) is 0.702. The van der Waals surface area contributed by atoms with Crippen LogP contribution in [0.2, 0.25) is 0 Å². The van der Waals surface area contributed by atoms with E-state index < -0.39 is 6.43 Å². The van der Waals surface area contributed by atoms with E-state index in [0.717, 1.165) is 19.5 Å². The summed E-state index contributed by atoms with van der Waals surface area (Å²) >= 11 is 0. The Labute approximate surface area is 78.1 Å². The molecule has 78 valence electrons. The summed E-state index contributed by atoms with van der Waals surface area (Å²) in [5, 5.41) is 6.19. The van der Waals surface area contributed by atoms with Crippen LogP contribution < -0.4 is 10.6 Å². The second-order valence-electron chi connectivity index (χ2n) is 4.31. The highest BCUT2D eigenvalue weighted by Crippen LogP contribution is 2.24. The van der Waals surface area contributed by atoms with Crippen molar-refractivity contribution < 1.29 is 8.78 Å². The minimum absolute atomic E-state index is 0.0765. The topological polar surface area (TPSA) is 24.1 Å². The smallest absolute Gasteiger partial charge is 0.250 e. The van der Waals surface area contributed by atoms with Crippen molar-refractivity contribution in [1.82, 2.24) is 10.6 Å². The van der Waals surface area contributed by atoms with Crippen LogP contribution in [0.1, 0.15) is 20.3 Å². The molecule has 1 saturated heterocycles. The average molecular weight is 192 g/mol. The molecule has 1 aliphatic rings. The lowest BCUT2D eigenvalue weighted by molar-refractivity contribution is 0.115. The number of hydrogen-bond acceptors (Lipinski definition) is 2. The largest absolute Gasteiger partial charge is 0.316 e. The van der Waals surface area contributed by atoms with Gasteiger partial charge in [0.05, 0.1) is 6.54 Å². The zero-order valence-electron chi connectivity index (χ0n) is 8.24. The third-order valence-corrected chi connectivity index (χ3v) is 2.65. The van der Waals surface area contributed by atoms with Gasteiger partial charge in [0.1, 0.15) is 0 Å². The minimum Gasteiger partial charge on any atom is -0.316 e. The van der Waals surface area contributed by atoms with Crippen molar-refractivity contribution in [3.05, 3.63) is 0 Å². The Morgan fingerprint density at radius 2 is 2.23 bits per heavy atom. The highest BCUT2D eigenvalue weighted by molar-refractivity contribution is 4.90. The number of rotatable bonds is 3. The van der Waals surface area contributed by atoms with Crippen LogP contribution in [-0.2, 0) is 0 Å². The van der Waals surface area contributed by atoms with Crippen molar-refractivity contribution in [3.8, 4) is 0 Å². The van der Waals surface area contributed by atoms with E-state index in [1.54, 1.807) is 0 Å². The summed E-state index contributed by atoms with van der Waals surface area (Å²) in [6.07, 6.45) is -1.31. The molecule has 0 amide bonds. The molecule has 13 heavy (non-hydrogen) atoms. The van der Waals surface area contributed by atoms with E-state index in [1.807, 2.05) is 0 Å². The summed E-state index contributed by atoms with van der Waals surface area (Å²) in [5.41, 5.74) is 0.0765. The fraction of sp³-hybridized carbons (Fsp3) is 1.00. The molecule has 2 N–H and O–H groups in total. The average Bonchev–Trinajstić information content (AvgIpc) is 2.01. The molecule has 2 nitrogen and oxygen atoms in total. The maximum atomic E-state index is 12.0. The Balaban J connectivity index is 2.37. The lowest BCUT2D eigenvalue weighted by atomic mass is 9.80. The van der Waals surface area contributed by atoms with Crippen LogP contribution in [0.3, 0.4) is 0 Å². The Kier molecular flexibility index (Phi) is 3.62. The zero-order valence-corrected chi connectivity index (χ0v) is 8.24. The number of alkyl halides is 2. The molecule has 1 aliphatic heterocycles. The molecule has 1 unspecified atom stereocenters. The molecule has 1 heterocycles. The summed E-state index contributed by atoms with van der Waals surface area (Å²) in [6.45, 7) is 5.83. The van der Waals surface area contributed by atoms with Gasteiger partial charge >= 0.3 is 0 Å². The Bertz CT molecular complexity index is 160. The fourth-order valence-corrected chi connectivity index (χ4v) is 1.78. The van der Waals surface area contributed by atoms with Gasteiger partial charge in [0.2, 0.25) is 0 Å². The first-order chi connectivity index (χ1) is 6.02. The molecule has 0 aromatic heterocycles. The molecule has 1 rings (SSSR count). The molecule has 1 fully saturated rings. The molecule has 0 aromatic rings. The maximum Gasteiger partial charge on any atom is 0.250 e. The third-order valence-electron chi connectivity index (χ3n) is 2.65. The van der Waals surface area contributed by atoms with Crippen molar-refractivity contribution in [2.24, 2.45) is 5.41 Å². The minimum atomic E-state index is -2.24. The maximum absolute atomic E-state index is 12.0. The van der Waals surface area contributed by atoms with Crippen LogP contribution in [0.4, 0.5) is 8.78 Å². The van der Waals surface area contributed by atoms with Gasteiger partial charge in [-0.05, 0) is 18.4 Å². The van der Waals surface area contributed by atoms with Crippen LogP contribution in [0.5, 0.6) is 0 Å². The fourth-order valence-electron chi connectivity index (χ4n) is 1.78. The Hall–Kier alpha value is -0.220. The van der Waals surface area contributed by atoms with Crippen molar-refractivity contribution in [3.63, 3.8) is 0 Å². The van der Waals surface area contributed by atoms with E-state index in [-0.39, 0.29) is 18.0 Å². The van der Waals surface area contributed by atoms with Gasteiger partial charge in [0, 0.05) is 12.6 Å². The van der Waals surface area contributed by atoms with Gasteiger partial charge in [-0.3, -0.25) is 0 Å². The van der Waals surface area contributed by atoms with Crippen LogP contribution >= 0.6 is 0 Å². The van der Waals surface area contributed by atoms with E-state index in [2.05, 4.69) is 24.5 Å². The second kappa shape index (κ2) is 4.33. The molecular formula is C9H18F2N2. The van der Waals surface area contributed by atoms with Crippen LogP contribution in [0.25, 0.3) is 0 Å². The van der Waals surface area contributed by atoms with Gasteiger partial charge in [-0.1, -0.05) is 13.8 Å². The van der Waals surface area contributed by atoms with Crippen molar-refractivity contribution >= 4 is 0 Å². The SMILES string of the molecule is CC1(C)CNCCC1NCC(F)F.